The summed E-state index contributed by atoms with van der Waals surface area (Å²) < 4.78 is 0. The first kappa shape index (κ1) is 14.3. The van der Waals surface area contributed by atoms with Crippen molar-refractivity contribution in [2.24, 2.45) is 5.41 Å². The normalized spacial score (nSPS) is 17.9. The van der Waals surface area contributed by atoms with Gasteiger partial charge in [-0.2, -0.15) is 0 Å². The van der Waals surface area contributed by atoms with Crippen LogP contribution in [0.15, 0.2) is 6.07 Å². The molecule has 0 atom stereocenters. The maximum atomic E-state index is 4.64. The third kappa shape index (κ3) is 3.46. The van der Waals surface area contributed by atoms with Crippen LogP contribution in [0.25, 0.3) is 0 Å². The number of rotatable bonds is 5. The van der Waals surface area contributed by atoms with Crippen molar-refractivity contribution < 1.29 is 0 Å². The third-order valence-corrected chi connectivity index (χ3v) is 4.45. The van der Waals surface area contributed by atoms with Crippen molar-refractivity contribution in [3.8, 4) is 0 Å². The van der Waals surface area contributed by atoms with Gasteiger partial charge >= 0.3 is 0 Å². The fraction of sp³-hybridized carbons (Fsp3) is 0.750. The maximum Gasteiger partial charge on any atom is 0.133 e. The van der Waals surface area contributed by atoms with Crippen molar-refractivity contribution in [1.82, 2.24) is 9.97 Å². The van der Waals surface area contributed by atoms with Crippen LogP contribution in [0.3, 0.4) is 0 Å². The molecule has 0 spiro atoms. The Kier molecular flexibility index (Phi) is 4.43. The Hall–Kier alpha value is -1.12. The Morgan fingerprint density at radius 1 is 1.26 bits per heavy atom. The predicted molar refractivity (Wildman–Crippen MR) is 80.5 cm³/mol. The molecule has 1 aliphatic carbocycles. The number of aryl methyl sites for hydroxylation is 1. The molecule has 0 radical (unpaired) electrons. The van der Waals surface area contributed by atoms with Gasteiger partial charge in [0.25, 0.3) is 0 Å². The van der Waals surface area contributed by atoms with E-state index in [2.05, 4.69) is 42.1 Å². The van der Waals surface area contributed by atoms with Crippen LogP contribution in [0.4, 0.5) is 5.82 Å². The van der Waals surface area contributed by atoms with Crippen LogP contribution in [0.2, 0.25) is 0 Å². The second-order valence-corrected chi connectivity index (χ2v) is 6.32. The fourth-order valence-corrected chi connectivity index (χ4v) is 3.00. The molecule has 0 aliphatic heterocycles. The predicted octanol–water partition coefficient (Wildman–Crippen LogP) is 4.29. The first-order valence-corrected chi connectivity index (χ1v) is 7.64. The number of nitrogens with zero attached hydrogens (tertiary/aromatic N) is 2. The van der Waals surface area contributed by atoms with Crippen LogP contribution in [-0.4, -0.2) is 16.5 Å². The lowest BCUT2D eigenvalue weighted by molar-refractivity contribution is 0.306. The van der Waals surface area contributed by atoms with Gasteiger partial charge in [0.15, 0.2) is 0 Å². The van der Waals surface area contributed by atoms with Gasteiger partial charge in [-0.05, 0) is 31.6 Å². The largest absolute Gasteiger partial charge is 0.369 e. The van der Waals surface area contributed by atoms with E-state index in [1.165, 1.54) is 32.1 Å². The summed E-state index contributed by atoms with van der Waals surface area (Å²) in [7, 11) is 0. The fourth-order valence-electron chi connectivity index (χ4n) is 3.00. The van der Waals surface area contributed by atoms with Crippen LogP contribution in [0.5, 0.6) is 0 Å². The average molecular weight is 261 g/mol. The van der Waals surface area contributed by atoms with E-state index >= 15 is 0 Å². The quantitative estimate of drug-likeness (QED) is 0.859. The second-order valence-electron chi connectivity index (χ2n) is 6.32. The molecule has 0 amide bonds. The Labute approximate surface area is 117 Å². The van der Waals surface area contributed by atoms with Crippen LogP contribution < -0.4 is 5.32 Å². The highest BCUT2D eigenvalue weighted by Gasteiger charge is 2.31. The molecule has 0 bridgehead atoms. The van der Waals surface area contributed by atoms with E-state index in [4.69, 9.17) is 0 Å². The molecule has 106 valence electrons. The smallest absolute Gasteiger partial charge is 0.133 e. The molecular formula is C16H27N3. The SMILES string of the molecule is CCC1(CNc2cc(C)nc(C(C)C)n2)CCCC1. The second kappa shape index (κ2) is 5.89. The summed E-state index contributed by atoms with van der Waals surface area (Å²) in [5.41, 5.74) is 1.55. The summed E-state index contributed by atoms with van der Waals surface area (Å²) in [6, 6.07) is 2.06. The van der Waals surface area contributed by atoms with Gasteiger partial charge in [0, 0.05) is 24.2 Å². The number of hydrogen-bond acceptors (Lipinski definition) is 3. The van der Waals surface area contributed by atoms with Crippen LogP contribution in [0.1, 0.15) is 70.3 Å². The molecule has 1 heterocycles. The summed E-state index contributed by atoms with van der Waals surface area (Å²) >= 11 is 0. The Morgan fingerprint density at radius 2 is 1.95 bits per heavy atom. The first-order valence-electron chi connectivity index (χ1n) is 7.64. The number of aromatic nitrogens is 2. The van der Waals surface area contributed by atoms with Gasteiger partial charge < -0.3 is 5.32 Å². The van der Waals surface area contributed by atoms with Crippen molar-refractivity contribution >= 4 is 5.82 Å². The molecule has 1 aromatic heterocycles. The molecule has 3 nitrogen and oxygen atoms in total. The third-order valence-electron chi connectivity index (χ3n) is 4.45. The van der Waals surface area contributed by atoms with E-state index in [0.29, 0.717) is 11.3 Å². The van der Waals surface area contributed by atoms with Gasteiger partial charge in [0.2, 0.25) is 0 Å². The van der Waals surface area contributed by atoms with E-state index in [0.717, 1.165) is 23.9 Å². The minimum Gasteiger partial charge on any atom is -0.369 e. The van der Waals surface area contributed by atoms with E-state index < -0.39 is 0 Å². The summed E-state index contributed by atoms with van der Waals surface area (Å²) in [6.45, 7) is 9.70. The molecule has 1 aliphatic rings. The Balaban J connectivity index is 2.06. The highest BCUT2D eigenvalue weighted by atomic mass is 15.0. The van der Waals surface area contributed by atoms with E-state index in [1.807, 2.05) is 6.92 Å². The zero-order valence-electron chi connectivity index (χ0n) is 12.8. The van der Waals surface area contributed by atoms with E-state index in [-0.39, 0.29) is 0 Å². The number of anilines is 1. The molecule has 3 heteroatoms. The Morgan fingerprint density at radius 3 is 2.53 bits per heavy atom. The Bertz CT molecular complexity index is 420. The molecule has 0 aromatic carbocycles. The van der Waals surface area contributed by atoms with Gasteiger partial charge in [-0.3, -0.25) is 0 Å². The van der Waals surface area contributed by atoms with Crippen LogP contribution >= 0.6 is 0 Å². The standard InChI is InChI=1S/C16H27N3/c1-5-16(8-6-7-9-16)11-17-14-10-13(4)18-15(19-14)12(2)3/h10,12H,5-9,11H2,1-4H3,(H,17,18,19). The molecule has 1 saturated carbocycles. The summed E-state index contributed by atoms with van der Waals surface area (Å²) in [6.07, 6.45) is 6.75. The van der Waals surface area contributed by atoms with Gasteiger partial charge in [-0.1, -0.05) is 33.6 Å². The minimum absolute atomic E-state index is 0.382. The lowest BCUT2D eigenvalue weighted by atomic mass is 9.83. The molecule has 1 aromatic rings. The van der Waals surface area contributed by atoms with Crippen LogP contribution in [-0.2, 0) is 0 Å². The van der Waals surface area contributed by atoms with Crippen molar-refractivity contribution in [3.63, 3.8) is 0 Å². The lowest BCUT2D eigenvalue weighted by Crippen LogP contribution is -2.26. The molecule has 1 N–H and O–H groups in total. The van der Waals surface area contributed by atoms with Crippen molar-refractivity contribution in [2.75, 3.05) is 11.9 Å². The van der Waals surface area contributed by atoms with E-state index in [9.17, 15) is 0 Å². The molecule has 1 fully saturated rings. The summed E-state index contributed by atoms with van der Waals surface area (Å²) in [5, 5.41) is 3.56. The van der Waals surface area contributed by atoms with Crippen molar-refractivity contribution in [2.45, 2.75) is 65.7 Å². The molecule has 19 heavy (non-hydrogen) atoms. The molecule has 0 unspecified atom stereocenters. The zero-order valence-corrected chi connectivity index (χ0v) is 12.8. The summed E-state index contributed by atoms with van der Waals surface area (Å²) in [5.74, 6) is 2.32. The first-order chi connectivity index (χ1) is 9.04. The van der Waals surface area contributed by atoms with Gasteiger partial charge in [0.05, 0.1) is 0 Å². The van der Waals surface area contributed by atoms with Crippen molar-refractivity contribution in [1.29, 1.82) is 0 Å². The average Bonchev–Trinajstić information content (AvgIpc) is 2.85. The highest BCUT2D eigenvalue weighted by Crippen LogP contribution is 2.40. The maximum absolute atomic E-state index is 4.64. The van der Waals surface area contributed by atoms with Crippen LogP contribution in [0, 0.1) is 12.3 Å². The highest BCUT2D eigenvalue weighted by molar-refractivity contribution is 5.36. The van der Waals surface area contributed by atoms with Crippen molar-refractivity contribution in [3.05, 3.63) is 17.6 Å². The lowest BCUT2D eigenvalue weighted by Gasteiger charge is -2.28. The zero-order chi connectivity index (χ0) is 13.9. The number of nitrogens with one attached hydrogen (secondary N) is 1. The minimum atomic E-state index is 0.382. The van der Waals surface area contributed by atoms with Gasteiger partial charge in [-0.15, -0.1) is 0 Å². The molecule has 2 rings (SSSR count). The van der Waals surface area contributed by atoms with E-state index in [1.54, 1.807) is 0 Å². The number of hydrogen-bond donors (Lipinski definition) is 1. The monoisotopic (exact) mass is 261 g/mol. The molecular weight excluding hydrogens is 234 g/mol. The van der Waals surface area contributed by atoms with Gasteiger partial charge in [0.1, 0.15) is 11.6 Å². The summed E-state index contributed by atoms with van der Waals surface area (Å²) in [4.78, 5) is 9.14. The topological polar surface area (TPSA) is 37.8 Å². The van der Waals surface area contributed by atoms with Gasteiger partial charge in [-0.25, -0.2) is 9.97 Å². The molecule has 0 saturated heterocycles.